The van der Waals surface area contributed by atoms with Crippen molar-refractivity contribution in [1.82, 2.24) is 9.97 Å². The maximum atomic E-state index is 12.5. The van der Waals surface area contributed by atoms with E-state index in [1.165, 1.54) is 0 Å². The van der Waals surface area contributed by atoms with Crippen molar-refractivity contribution in [3.63, 3.8) is 0 Å². The van der Waals surface area contributed by atoms with Crippen LogP contribution in [0.3, 0.4) is 0 Å². The van der Waals surface area contributed by atoms with Crippen LogP contribution in [0, 0.1) is 11.8 Å². The van der Waals surface area contributed by atoms with Crippen molar-refractivity contribution in [3.05, 3.63) is 41.6 Å². The molecule has 0 saturated heterocycles. The van der Waals surface area contributed by atoms with Crippen molar-refractivity contribution in [3.8, 4) is 0 Å². The van der Waals surface area contributed by atoms with Gasteiger partial charge in [0.05, 0.1) is 5.56 Å². The van der Waals surface area contributed by atoms with Gasteiger partial charge in [0.2, 0.25) is 11.9 Å². The van der Waals surface area contributed by atoms with Gasteiger partial charge in [-0.3, -0.25) is 9.59 Å². The third-order valence-electron chi connectivity index (χ3n) is 4.35. The molecule has 2 rings (SSSR count). The SMILES string of the molecule is CC(C)[C@H](Cc1ccc(Nc2ncc(C(N)=O)c(NCC(F)(F)F)n2)cc1)C(N)=O. The molecule has 0 radical (unpaired) electrons. The first-order chi connectivity index (χ1) is 14.0. The van der Waals surface area contributed by atoms with Gasteiger partial charge in [0.25, 0.3) is 5.91 Å². The summed E-state index contributed by atoms with van der Waals surface area (Å²) >= 11 is 0. The Bertz CT molecular complexity index is 900. The molecule has 0 aliphatic carbocycles. The Hall–Kier alpha value is -3.37. The highest BCUT2D eigenvalue weighted by atomic mass is 19.4. The highest BCUT2D eigenvalue weighted by Crippen LogP contribution is 2.22. The minimum Gasteiger partial charge on any atom is -0.369 e. The molecular formula is C19H23F3N6O2. The predicted molar refractivity (Wildman–Crippen MR) is 106 cm³/mol. The maximum Gasteiger partial charge on any atom is 0.405 e. The zero-order valence-electron chi connectivity index (χ0n) is 16.5. The first-order valence-corrected chi connectivity index (χ1v) is 9.09. The molecular weight excluding hydrogens is 401 g/mol. The molecule has 162 valence electrons. The number of carbonyl (C=O) groups is 2. The molecule has 0 spiro atoms. The van der Waals surface area contributed by atoms with Crippen LogP contribution in [0.15, 0.2) is 30.5 Å². The van der Waals surface area contributed by atoms with E-state index in [0.29, 0.717) is 12.1 Å². The summed E-state index contributed by atoms with van der Waals surface area (Å²) in [6, 6.07) is 7.01. The summed E-state index contributed by atoms with van der Waals surface area (Å²) < 4.78 is 37.4. The average molecular weight is 424 g/mol. The minimum atomic E-state index is -4.50. The molecule has 2 amide bonds. The van der Waals surface area contributed by atoms with Crippen LogP contribution in [0.25, 0.3) is 0 Å². The Kier molecular flexibility index (Phi) is 7.19. The lowest BCUT2D eigenvalue weighted by Gasteiger charge is -2.17. The third-order valence-corrected chi connectivity index (χ3v) is 4.35. The van der Waals surface area contributed by atoms with Crippen LogP contribution in [0.4, 0.5) is 30.6 Å². The number of primary amides is 2. The number of benzene rings is 1. The van der Waals surface area contributed by atoms with Crippen molar-refractivity contribution in [2.24, 2.45) is 23.3 Å². The molecule has 1 aromatic heterocycles. The van der Waals surface area contributed by atoms with Crippen molar-refractivity contribution in [2.75, 3.05) is 17.2 Å². The lowest BCUT2D eigenvalue weighted by Crippen LogP contribution is -2.29. The van der Waals surface area contributed by atoms with E-state index in [4.69, 9.17) is 11.5 Å². The van der Waals surface area contributed by atoms with Gasteiger partial charge >= 0.3 is 6.18 Å². The van der Waals surface area contributed by atoms with Crippen molar-refractivity contribution in [1.29, 1.82) is 0 Å². The highest BCUT2D eigenvalue weighted by molar-refractivity contribution is 5.97. The lowest BCUT2D eigenvalue weighted by atomic mass is 9.89. The molecule has 1 atom stereocenters. The quantitative estimate of drug-likeness (QED) is 0.489. The molecule has 8 nitrogen and oxygen atoms in total. The number of rotatable bonds is 9. The van der Waals surface area contributed by atoms with Crippen LogP contribution in [-0.4, -0.2) is 34.5 Å². The number of hydrogen-bond acceptors (Lipinski definition) is 6. The molecule has 0 aliphatic rings. The molecule has 0 fully saturated rings. The number of alkyl halides is 3. The van der Waals surface area contributed by atoms with E-state index in [9.17, 15) is 22.8 Å². The second-order valence-corrected chi connectivity index (χ2v) is 7.07. The predicted octanol–water partition coefficient (Wildman–Crippen LogP) is 2.59. The number of anilines is 3. The molecule has 0 aliphatic heterocycles. The number of halogens is 3. The standard InChI is InChI=1S/C19H23F3N6O2/c1-10(2)13(15(23)29)7-11-3-5-12(6-4-11)27-18-25-8-14(16(24)30)17(28-18)26-9-19(20,21)22/h3-6,8,10,13H,7,9H2,1-2H3,(H2,23,29)(H2,24,30)(H2,25,26,27,28)/t13-/m0/s1. The van der Waals surface area contributed by atoms with Crippen LogP contribution < -0.4 is 22.1 Å². The fourth-order valence-corrected chi connectivity index (χ4v) is 2.71. The summed E-state index contributed by atoms with van der Waals surface area (Å²) in [6.07, 6.45) is -2.96. The van der Waals surface area contributed by atoms with E-state index in [1.807, 2.05) is 13.8 Å². The van der Waals surface area contributed by atoms with E-state index >= 15 is 0 Å². The molecule has 0 saturated carbocycles. The Morgan fingerprint density at radius 1 is 1.13 bits per heavy atom. The molecule has 1 heterocycles. The third kappa shape index (κ3) is 6.61. The Balaban J connectivity index is 2.15. The van der Waals surface area contributed by atoms with E-state index in [-0.39, 0.29) is 35.1 Å². The maximum absolute atomic E-state index is 12.5. The molecule has 2 aromatic rings. The number of hydrogen-bond donors (Lipinski definition) is 4. The summed E-state index contributed by atoms with van der Waals surface area (Å²) in [5.74, 6) is -1.86. The first-order valence-electron chi connectivity index (χ1n) is 9.09. The lowest BCUT2D eigenvalue weighted by molar-refractivity contribution is -0.123. The Morgan fingerprint density at radius 2 is 1.77 bits per heavy atom. The topological polar surface area (TPSA) is 136 Å². The van der Waals surface area contributed by atoms with Crippen LogP contribution in [-0.2, 0) is 11.2 Å². The van der Waals surface area contributed by atoms with Gasteiger partial charge in [-0.1, -0.05) is 26.0 Å². The van der Waals surface area contributed by atoms with Crippen LogP contribution in [0.1, 0.15) is 29.8 Å². The monoisotopic (exact) mass is 424 g/mol. The fourth-order valence-electron chi connectivity index (χ4n) is 2.71. The molecule has 30 heavy (non-hydrogen) atoms. The van der Waals surface area contributed by atoms with E-state index in [1.54, 1.807) is 24.3 Å². The van der Waals surface area contributed by atoms with Gasteiger partial charge in [-0.25, -0.2) is 4.98 Å². The van der Waals surface area contributed by atoms with Crippen LogP contribution in [0.2, 0.25) is 0 Å². The first kappa shape index (κ1) is 22.9. The molecule has 1 aromatic carbocycles. The molecule has 11 heteroatoms. The average Bonchev–Trinajstić information content (AvgIpc) is 2.64. The second kappa shape index (κ2) is 9.42. The number of nitrogens with one attached hydrogen (secondary N) is 2. The minimum absolute atomic E-state index is 0.0189. The van der Waals surface area contributed by atoms with E-state index in [0.717, 1.165) is 11.8 Å². The van der Waals surface area contributed by atoms with Gasteiger partial charge in [-0.15, -0.1) is 0 Å². The van der Waals surface area contributed by atoms with Gasteiger partial charge in [0, 0.05) is 17.8 Å². The van der Waals surface area contributed by atoms with E-state index < -0.39 is 18.6 Å². The number of carbonyl (C=O) groups excluding carboxylic acids is 2. The summed E-state index contributed by atoms with van der Waals surface area (Å²) in [6.45, 7) is 2.46. The fraction of sp³-hybridized carbons (Fsp3) is 0.368. The number of amides is 2. The van der Waals surface area contributed by atoms with Crippen molar-refractivity contribution in [2.45, 2.75) is 26.4 Å². The zero-order valence-corrected chi connectivity index (χ0v) is 16.5. The van der Waals surface area contributed by atoms with Gasteiger partial charge in [0.15, 0.2) is 0 Å². The van der Waals surface area contributed by atoms with Gasteiger partial charge < -0.3 is 22.1 Å². The number of nitrogens with two attached hydrogens (primary N) is 2. The van der Waals surface area contributed by atoms with Crippen LogP contribution in [0.5, 0.6) is 0 Å². The summed E-state index contributed by atoms with van der Waals surface area (Å²) in [4.78, 5) is 30.8. The second-order valence-electron chi connectivity index (χ2n) is 7.07. The number of aromatic nitrogens is 2. The number of nitrogens with zero attached hydrogens (tertiary/aromatic N) is 2. The molecule has 6 N–H and O–H groups in total. The highest BCUT2D eigenvalue weighted by Gasteiger charge is 2.28. The largest absolute Gasteiger partial charge is 0.405 e. The smallest absolute Gasteiger partial charge is 0.369 e. The summed E-state index contributed by atoms with van der Waals surface area (Å²) in [7, 11) is 0. The van der Waals surface area contributed by atoms with Crippen LogP contribution >= 0.6 is 0 Å². The summed E-state index contributed by atoms with van der Waals surface area (Å²) in [5.41, 5.74) is 11.8. The molecule has 0 bridgehead atoms. The molecule has 0 unspecified atom stereocenters. The van der Waals surface area contributed by atoms with E-state index in [2.05, 4.69) is 20.6 Å². The Morgan fingerprint density at radius 3 is 2.27 bits per heavy atom. The van der Waals surface area contributed by atoms with Gasteiger partial charge in [0.1, 0.15) is 12.4 Å². The Labute approximate surface area is 171 Å². The van der Waals surface area contributed by atoms with Crippen molar-refractivity contribution >= 4 is 29.3 Å². The van der Waals surface area contributed by atoms with Gasteiger partial charge in [-0.2, -0.15) is 18.2 Å². The normalized spacial score (nSPS) is 12.5. The van der Waals surface area contributed by atoms with Gasteiger partial charge in [-0.05, 0) is 30.0 Å². The zero-order chi connectivity index (χ0) is 22.5. The summed E-state index contributed by atoms with van der Waals surface area (Å²) in [5, 5.41) is 4.90. The van der Waals surface area contributed by atoms with Crippen molar-refractivity contribution < 1.29 is 22.8 Å².